The van der Waals surface area contributed by atoms with Crippen molar-refractivity contribution in [2.45, 2.75) is 13.8 Å². The summed E-state index contributed by atoms with van der Waals surface area (Å²) >= 11 is 0. The molecule has 0 saturated heterocycles. The van der Waals surface area contributed by atoms with E-state index in [1.807, 2.05) is 0 Å². The predicted octanol–water partition coefficient (Wildman–Crippen LogP) is 0.736. The van der Waals surface area contributed by atoms with E-state index in [-0.39, 0.29) is 11.8 Å². The van der Waals surface area contributed by atoms with Crippen molar-refractivity contribution in [3.05, 3.63) is 11.6 Å². The lowest BCUT2D eigenvalue weighted by Crippen LogP contribution is -1.77. The van der Waals surface area contributed by atoms with Crippen molar-refractivity contribution in [2.75, 3.05) is 0 Å². The molecule has 12 heavy (non-hydrogen) atoms. The van der Waals surface area contributed by atoms with Crippen molar-refractivity contribution in [1.29, 1.82) is 0 Å². The molecule has 0 radical (unpaired) electrons. The highest BCUT2D eigenvalue weighted by molar-refractivity contribution is 5.35. The molecule has 6 heteroatoms. The second-order valence-electron chi connectivity index (χ2n) is 2.29. The zero-order valence-corrected chi connectivity index (χ0v) is 6.61. The molecule has 0 N–H and O–H groups in total. The van der Waals surface area contributed by atoms with Crippen LogP contribution in [0.15, 0.2) is 9.05 Å². The fraction of sp³-hybridized carbons (Fsp3) is 0.333. The summed E-state index contributed by atoms with van der Waals surface area (Å²) in [6.07, 6.45) is 0. The minimum atomic E-state index is 0.258. The van der Waals surface area contributed by atoms with Gasteiger partial charge in [-0.05, 0) is 13.8 Å². The van der Waals surface area contributed by atoms with E-state index in [4.69, 9.17) is 9.05 Å². The number of aryl methyl sites for hydroxylation is 2. The molecule has 0 aliphatic heterocycles. The summed E-state index contributed by atoms with van der Waals surface area (Å²) in [5.41, 5.74) is 0. The van der Waals surface area contributed by atoms with Gasteiger partial charge in [0.05, 0.1) is 0 Å². The number of hydrogen-bond donors (Lipinski definition) is 0. The van der Waals surface area contributed by atoms with Crippen molar-refractivity contribution in [2.24, 2.45) is 0 Å². The van der Waals surface area contributed by atoms with Crippen molar-refractivity contribution in [1.82, 2.24) is 20.3 Å². The standard InChI is InChI=1S/C6H6N4O2/c1-3-7-5(11-9-3)6-8-4(2)10-12-6/h1-2H3. The van der Waals surface area contributed by atoms with Crippen LogP contribution in [0.25, 0.3) is 11.8 Å². The molecule has 62 valence electrons. The average Bonchev–Trinajstić information content (AvgIpc) is 2.58. The van der Waals surface area contributed by atoms with Crippen LogP contribution in [0.3, 0.4) is 0 Å². The molecule has 2 aromatic rings. The van der Waals surface area contributed by atoms with Crippen molar-refractivity contribution in [3.63, 3.8) is 0 Å². The van der Waals surface area contributed by atoms with Gasteiger partial charge in [0, 0.05) is 0 Å². The molecule has 0 bridgehead atoms. The Hall–Kier alpha value is -1.72. The third-order valence-corrected chi connectivity index (χ3v) is 1.24. The molecule has 0 aliphatic rings. The van der Waals surface area contributed by atoms with Crippen LogP contribution < -0.4 is 0 Å². The van der Waals surface area contributed by atoms with Gasteiger partial charge in [-0.15, -0.1) is 0 Å². The van der Waals surface area contributed by atoms with Gasteiger partial charge in [-0.25, -0.2) is 0 Å². The fourth-order valence-electron chi connectivity index (χ4n) is 0.768. The predicted molar refractivity (Wildman–Crippen MR) is 37.1 cm³/mol. The SMILES string of the molecule is Cc1noc(-c2nc(C)no2)n1. The molecular formula is C6H6N4O2. The average molecular weight is 166 g/mol. The molecule has 0 aromatic carbocycles. The normalized spacial score (nSPS) is 10.5. The zero-order chi connectivity index (χ0) is 8.55. The zero-order valence-electron chi connectivity index (χ0n) is 6.61. The Kier molecular flexibility index (Phi) is 1.39. The maximum atomic E-state index is 4.81. The quantitative estimate of drug-likeness (QED) is 0.621. The van der Waals surface area contributed by atoms with E-state index in [0.29, 0.717) is 11.6 Å². The Morgan fingerprint density at radius 2 is 1.25 bits per heavy atom. The van der Waals surface area contributed by atoms with Gasteiger partial charge < -0.3 is 9.05 Å². The lowest BCUT2D eigenvalue weighted by atomic mass is 10.6. The third-order valence-electron chi connectivity index (χ3n) is 1.24. The first kappa shape index (κ1) is 6.96. The first-order chi connectivity index (χ1) is 5.75. The van der Waals surface area contributed by atoms with E-state index in [1.54, 1.807) is 13.8 Å². The number of rotatable bonds is 1. The van der Waals surface area contributed by atoms with E-state index in [1.165, 1.54) is 0 Å². The van der Waals surface area contributed by atoms with Crippen LogP contribution in [-0.4, -0.2) is 20.3 Å². The van der Waals surface area contributed by atoms with Gasteiger partial charge in [-0.2, -0.15) is 9.97 Å². The fourth-order valence-corrected chi connectivity index (χ4v) is 0.768. The van der Waals surface area contributed by atoms with E-state index in [2.05, 4.69) is 20.3 Å². The maximum Gasteiger partial charge on any atom is 0.316 e. The molecule has 0 spiro atoms. The van der Waals surface area contributed by atoms with E-state index in [9.17, 15) is 0 Å². The Bertz CT molecular complexity index is 353. The molecule has 0 saturated carbocycles. The second-order valence-corrected chi connectivity index (χ2v) is 2.29. The van der Waals surface area contributed by atoms with Gasteiger partial charge in [-0.3, -0.25) is 0 Å². The topological polar surface area (TPSA) is 77.8 Å². The van der Waals surface area contributed by atoms with E-state index < -0.39 is 0 Å². The van der Waals surface area contributed by atoms with Crippen LogP contribution in [0.2, 0.25) is 0 Å². The summed E-state index contributed by atoms with van der Waals surface area (Å²) < 4.78 is 9.61. The van der Waals surface area contributed by atoms with Crippen LogP contribution in [0.4, 0.5) is 0 Å². The van der Waals surface area contributed by atoms with Crippen LogP contribution in [0, 0.1) is 13.8 Å². The molecule has 0 aliphatic carbocycles. The van der Waals surface area contributed by atoms with Gasteiger partial charge in [0.15, 0.2) is 11.6 Å². The second kappa shape index (κ2) is 2.40. The Balaban J connectivity index is 2.43. The molecule has 0 fully saturated rings. The maximum absolute atomic E-state index is 4.81. The Labute approximate surface area is 67.6 Å². The van der Waals surface area contributed by atoms with Crippen LogP contribution in [-0.2, 0) is 0 Å². The van der Waals surface area contributed by atoms with Crippen molar-refractivity contribution in [3.8, 4) is 11.8 Å². The van der Waals surface area contributed by atoms with Gasteiger partial charge in [0.2, 0.25) is 0 Å². The van der Waals surface area contributed by atoms with Crippen LogP contribution in [0.1, 0.15) is 11.6 Å². The summed E-state index contributed by atoms with van der Waals surface area (Å²) in [5, 5.41) is 7.18. The summed E-state index contributed by atoms with van der Waals surface area (Å²) in [6.45, 7) is 3.44. The number of aromatic nitrogens is 4. The highest BCUT2D eigenvalue weighted by Crippen LogP contribution is 2.13. The monoisotopic (exact) mass is 166 g/mol. The third kappa shape index (κ3) is 1.07. The van der Waals surface area contributed by atoms with Gasteiger partial charge in [-0.1, -0.05) is 10.3 Å². The number of hydrogen-bond acceptors (Lipinski definition) is 6. The van der Waals surface area contributed by atoms with Crippen molar-refractivity contribution < 1.29 is 9.05 Å². The summed E-state index contributed by atoms with van der Waals surface area (Å²) in [6, 6.07) is 0. The highest BCUT2D eigenvalue weighted by atomic mass is 16.5. The largest absolute Gasteiger partial charge is 0.329 e. The Morgan fingerprint density at radius 3 is 1.50 bits per heavy atom. The minimum Gasteiger partial charge on any atom is -0.329 e. The summed E-state index contributed by atoms with van der Waals surface area (Å²) in [5.74, 6) is 1.60. The summed E-state index contributed by atoms with van der Waals surface area (Å²) in [4.78, 5) is 7.84. The highest BCUT2D eigenvalue weighted by Gasteiger charge is 2.12. The lowest BCUT2D eigenvalue weighted by molar-refractivity contribution is 0.379. The first-order valence-corrected chi connectivity index (χ1v) is 3.37. The molecule has 2 aromatic heterocycles. The van der Waals surface area contributed by atoms with E-state index >= 15 is 0 Å². The smallest absolute Gasteiger partial charge is 0.316 e. The van der Waals surface area contributed by atoms with E-state index in [0.717, 1.165) is 0 Å². The van der Waals surface area contributed by atoms with Crippen molar-refractivity contribution >= 4 is 0 Å². The first-order valence-electron chi connectivity index (χ1n) is 3.37. The van der Waals surface area contributed by atoms with Gasteiger partial charge in [0.1, 0.15) is 0 Å². The molecular weight excluding hydrogens is 160 g/mol. The van der Waals surface area contributed by atoms with Crippen LogP contribution >= 0.6 is 0 Å². The number of nitrogens with zero attached hydrogens (tertiary/aromatic N) is 4. The lowest BCUT2D eigenvalue weighted by Gasteiger charge is -1.77. The minimum absolute atomic E-state index is 0.258. The molecule has 6 nitrogen and oxygen atoms in total. The molecule has 2 rings (SSSR count). The molecule has 0 amide bonds. The Morgan fingerprint density at radius 1 is 0.833 bits per heavy atom. The van der Waals surface area contributed by atoms with Gasteiger partial charge >= 0.3 is 11.8 Å². The van der Waals surface area contributed by atoms with Gasteiger partial charge in [0.25, 0.3) is 0 Å². The molecule has 0 unspecified atom stereocenters. The molecule has 2 heterocycles. The summed E-state index contributed by atoms with van der Waals surface area (Å²) in [7, 11) is 0. The molecule has 0 atom stereocenters. The van der Waals surface area contributed by atoms with Crippen LogP contribution in [0.5, 0.6) is 0 Å².